The van der Waals surface area contributed by atoms with Crippen LogP contribution in [0.4, 0.5) is 0 Å². The molecule has 0 aliphatic heterocycles. The molecule has 1 fully saturated rings. The van der Waals surface area contributed by atoms with Crippen LogP contribution in [0.15, 0.2) is 0 Å². The standard InChI is InChI=1S/C12H24N2O/c1-11(2,8-13)10(15)14-9-12(3)6-4-5-7-12/h4-9,13H2,1-3H3,(H,14,15). The minimum atomic E-state index is -0.436. The second-order valence-electron chi connectivity index (χ2n) is 5.79. The smallest absolute Gasteiger partial charge is 0.226 e. The first-order chi connectivity index (χ1) is 6.90. The Hall–Kier alpha value is -0.570. The number of hydrogen-bond acceptors (Lipinski definition) is 2. The van der Waals surface area contributed by atoms with Gasteiger partial charge in [-0.25, -0.2) is 0 Å². The van der Waals surface area contributed by atoms with E-state index in [9.17, 15) is 4.79 Å². The molecule has 3 heteroatoms. The van der Waals surface area contributed by atoms with Crippen molar-refractivity contribution < 1.29 is 4.79 Å². The maximum Gasteiger partial charge on any atom is 0.226 e. The Balaban J connectivity index is 2.40. The molecule has 1 rings (SSSR count). The number of carbonyl (C=O) groups is 1. The largest absolute Gasteiger partial charge is 0.355 e. The molecule has 0 unspecified atom stereocenters. The van der Waals surface area contributed by atoms with E-state index in [4.69, 9.17) is 5.73 Å². The van der Waals surface area contributed by atoms with Gasteiger partial charge in [0, 0.05) is 13.1 Å². The molecule has 0 aromatic rings. The normalized spacial score (nSPS) is 20.3. The Bertz CT molecular complexity index is 230. The van der Waals surface area contributed by atoms with Crippen molar-refractivity contribution in [1.29, 1.82) is 0 Å². The molecule has 3 N–H and O–H groups in total. The highest BCUT2D eigenvalue weighted by molar-refractivity contribution is 5.82. The van der Waals surface area contributed by atoms with E-state index in [0.29, 0.717) is 12.0 Å². The van der Waals surface area contributed by atoms with Gasteiger partial charge in [-0.05, 0) is 32.1 Å². The van der Waals surface area contributed by atoms with E-state index in [1.54, 1.807) is 0 Å². The van der Waals surface area contributed by atoms with E-state index < -0.39 is 5.41 Å². The summed E-state index contributed by atoms with van der Waals surface area (Å²) < 4.78 is 0. The van der Waals surface area contributed by atoms with Crippen LogP contribution >= 0.6 is 0 Å². The molecule has 0 spiro atoms. The van der Waals surface area contributed by atoms with Gasteiger partial charge in [0.05, 0.1) is 5.41 Å². The Morgan fingerprint density at radius 2 is 1.93 bits per heavy atom. The average Bonchev–Trinajstić information content (AvgIpc) is 2.62. The molecule has 0 radical (unpaired) electrons. The fourth-order valence-electron chi connectivity index (χ4n) is 2.03. The van der Waals surface area contributed by atoms with Gasteiger partial charge in [0.2, 0.25) is 5.91 Å². The third kappa shape index (κ3) is 3.20. The van der Waals surface area contributed by atoms with Gasteiger partial charge >= 0.3 is 0 Å². The number of amides is 1. The van der Waals surface area contributed by atoms with Crippen molar-refractivity contribution in [3.8, 4) is 0 Å². The van der Waals surface area contributed by atoms with Gasteiger partial charge < -0.3 is 11.1 Å². The molecule has 0 aromatic heterocycles. The second kappa shape index (κ2) is 4.52. The van der Waals surface area contributed by atoms with Crippen LogP contribution < -0.4 is 11.1 Å². The van der Waals surface area contributed by atoms with Crippen LogP contribution in [0.1, 0.15) is 46.5 Å². The van der Waals surface area contributed by atoms with E-state index in [2.05, 4.69) is 12.2 Å². The van der Waals surface area contributed by atoms with Crippen molar-refractivity contribution in [2.75, 3.05) is 13.1 Å². The molecular weight excluding hydrogens is 188 g/mol. The minimum Gasteiger partial charge on any atom is -0.355 e. The lowest BCUT2D eigenvalue weighted by Crippen LogP contribution is -2.45. The molecule has 88 valence electrons. The number of nitrogens with one attached hydrogen (secondary N) is 1. The molecule has 0 saturated heterocycles. The summed E-state index contributed by atoms with van der Waals surface area (Å²) >= 11 is 0. The molecular formula is C12H24N2O. The maximum atomic E-state index is 11.8. The van der Waals surface area contributed by atoms with Crippen LogP contribution in [0.25, 0.3) is 0 Å². The average molecular weight is 212 g/mol. The third-order valence-corrected chi connectivity index (χ3v) is 3.61. The zero-order valence-corrected chi connectivity index (χ0v) is 10.2. The van der Waals surface area contributed by atoms with Gasteiger partial charge in [-0.15, -0.1) is 0 Å². The molecule has 1 amide bonds. The van der Waals surface area contributed by atoms with Gasteiger partial charge in [0.1, 0.15) is 0 Å². The Kier molecular flexibility index (Phi) is 3.77. The molecule has 15 heavy (non-hydrogen) atoms. The topological polar surface area (TPSA) is 55.1 Å². The van der Waals surface area contributed by atoms with Crippen molar-refractivity contribution in [3.05, 3.63) is 0 Å². The highest BCUT2D eigenvalue weighted by Gasteiger charge is 2.31. The maximum absolute atomic E-state index is 11.8. The van der Waals surface area contributed by atoms with Crippen molar-refractivity contribution in [2.24, 2.45) is 16.6 Å². The van der Waals surface area contributed by atoms with Gasteiger partial charge in [0.15, 0.2) is 0 Å². The zero-order chi connectivity index (χ0) is 11.5. The predicted octanol–water partition coefficient (Wildman–Crippen LogP) is 1.67. The predicted molar refractivity (Wildman–Crippen MR) is 62.4 cm³/mol. The van der Waals surface area contributed by atoms with E-state index in [0.717, 1.165) is 6.54 Å². The van der Waals surface area contributed by atoms with Gasteiger partial charge in [0.25, 0.3) is 0 Å². The lowest BCUT2D eigenvalue weighted by atomic mass is 9.87. The summed E-state index contributed by atoms with van der Waals surface area (Å²) in [5.41, 5.74) is 5.45. The lowest BCUT2D eigenvalue weighted by molar-refractivity contribution is -0.129. The monoisotopic (exact) mass is 212 g/mol. The van der Waals surface area contributed by atoms with Gasteiger partial charge in [-0.3, -0.25) is 4.79 Å². The van der Waals surface area contributed by atoms with E-state index in [1.807, 2.05) is 13.8 Å². The van der Waals surface area contributed by atoms with E-state index in [-0.39, 0.29) is 5.91 Å². The van der Waals surface area contributed by atoms with Crippen molar-refractivity contribution in [2.45, 2.75) is 46.5 Å². The molecule has 1 saturated carbocycles. The molecule has 1 aliphatic carbocycles. The number of hydrogen-bond donors (Lipinski definition) is 2. The molecule has 0 heterocycles. The molecule has 3 nitrogen and oxygen atoms in total. The van der Waals surface area contributed by atoms with Crippen molar-refractivity contribution in [1.82, 2.24) is 5.32 Å². The first-order valence-corrected chi connectivity index (χ1v) is 5.88. The summed E-state index contributed by atoms with van der Waals surface area (Å²) in [5, 5.41) is 3.04. The minimum absolute atomic E-state index is 0.0816. The van der Waals surface area contributed by atoms with E-state index >= 15 is 0 Å². The highest BCUT2D eigenvalue weighted by atomic mass is 16.2. The second-order valence-corrected chi connectivity index (χ2v) is 5.79. The summed E-state index contributed by atoms with van der Waals surface area (Å²) in [6, 6.07) is 0. The number of nitrogens with two attached hydrogens (primary N) is 1. The van der Waals surface area contributed by atoms with Crippen LogP contribution in [0.3, 0.4) is 0 Å². The molecule has 1 aliphatic rings. The van der Waals surface area contributed by atoms with Gasteiger partial charge in [-0.1, -0.05) is 19.8 Å². The van der Waals surface area contributed by atoms with Crippen molar-refractivity contribution >= 4 is 5.91 Å². The first-order valence-electron chi connectivity index (χ1n) is 5.88. The summed E-state index contributed by atoms with van der Waals surface area (Å²) in [7, 11) is 0. The van der Waals surface area contributed by atoms with Gasteiger partial charge in [-0.2, -0.15) is 0 Å². The fraction of sp³-hybridized carbons (Fsp3) is 0.917. The Morgan fingerprint density at radius 1 is 1.40 bits per heavy atom. The van der Waals surface area contributed by atoms with Crippen LogP contribution in [-0.2, 0) is 4.79 Å². The number of carbonyl (C=O) groups excluding carboxylic acids is 1. The Labute approximate surface area is 92.8 Å². The Morgan fingerprint density at radius 3 is 2.40 bits per heavy atom. The van der Waals surface area contributed by atoms with Crippen LogP contribution in [0, 0.1) is 10.8 Å². The summed E-state index contributed by atoms with van der Waals surface area (Å²) in [5.74, 6) is 0.0816. The van der Waals surface area contributed by atoms with Crippen LogP contribution in [-0.4, -0.2) is 19.0 Å². The SMILES string of the molecule is CC1(CNC(=O)C(C)(C)CN)CCCC1. The third-order valence-electron chi connectivity index (χ3n) is 3.61. The van der Waals surface area contributed by atoms with Crippen molar-refractivity contribution in [3.63, 3.8) is 0 Å². The zero-order valence-electron chi connectivity index (χ0n) is 10.2. The lowest BCUT2D eigenvalue weighted by Gasteiger charge is -2.27. The molecule has 0 atom stereocenters. The van der Waals surface area contributed by atoms with Crippen LogP contribution in [0.5, 0.6) is 0 Å². The summed E-state index contributed by atoms with van der Waals surface area (Å²) in [6.07, 6.45) is 5.06. The molecule has 0 bridgehead atoms. The van der Waals surface area contributed by atoms with E-state index in [1.165, 1.54) is 25.7 Å². The van der Waals surface area contributed by atoms with Crippen LogP contribution in [0.2, 0.25) is 0 Å². The number of rotatable bonds is 4. The summed E-state index contributed by atoms with van der Waals surface area (Å²) in [6.45, 7) is 7.24. The summed E-state index contributed by atoms with van der Waals surface area (Å²) in [4.78, 5) is 11.8. The quantitative estimate of drug-likeness (QED) is 0.744. The highest BCUT2D eigenvalue weighted by Crippen LogP contribution is 2.36. The molecule has 0 aromatic carbocycles. The first kappa shape index (κ1) is 12.5. The fourth-order valence-corrected chi connectivity index (χ4v) is 2.03.